The van der Waals surface area contributed by atoms with Crippen LogP contribution in [0.5, 0.6) is 0 Å². The van der Waals surface area contributed by atoms with Crippen LogP contribution in [0.3, 0.4) is 0 Å². The predicted octanol–water partition coefficient (Wildman–Crippen LogP) is 10.7. The Bertz CT molecular complexity index is 2470. The first kappa shape index (κ1) is 23.8. The van der Waals surface area contributed by atoms with Gasteiger partial charge in [0.05, 0.1) is 28.3 Å². The van der Waals surface area contributed by atoms with Crippen molar-refractivity contribution in [3.8, 4) is 5.69 Å². The van der Waals surface area contributed by atoms with Crippen LogP contribution in [0.1, 0.15) is 0 Å². The topological polar surface area (TPSA) is 34.2 Å². The number of para-hydroxylation sites is 3. The van der Waals surface area contributed by atoms with Crippen LogP contribution in [0.4, 0.5) is 17.1 Å². The second kappa shape index (κ2) is 9.33. The number of furan rings is 1. The summed E-state index contributed by atoms with van der Waals surface area (Å²) < 4.78 is 8.43. The molecule has 0 aliphatic heterocycles. The van der Waals surface area contributed by atoms with Crippen molar-refractivity contribution < 1.29 is 4.42 Å². The van der Waals surface area contributed by atoms with Gasteiger partial charge in [-0.1, -0.05) is 84.9 Å². The van der Waals surface area contributed by atoms with Crippen LogP contribution in [-0.2, 0) is 0 Å². The van der Waals surface area contributed by atoms with Gasteiger partial charge >= 0.3 is 0 Å². The number of pyridine rings is 1. The summed E-state index contributed by atoms with van der Waals surface area (Å²) in [6.45, 7) is 0. The van der Waals surface area contributed by atoms with Crippen molar-refractivity contribution in [1.82, 2.24) is 9.55 Å². The summed E-state index contributed by atoms with van der Waals surface area (Å²) in [5.74, 6) is 0. The molecule has 4 nitrogen and oxygen atoms in total. The van der Waals surface area contributed by atoms with Crippen molar-refractivity contribution in [2.75, 3.05) is 4.90 Å². The van der Waals surface area contributed by atoms with Crippen molar-refractivity contribution in [2.45, 2.75) is 0 Å². The lowest BCUT2D eigenvalue weighted by Gasteiger charge is -2.25. The van der Waals surface area contributed by atoms with Crippen molar-refractivity contribution in [3.05, 3.63) is 152 Å². The number of fused-ring (bicyclic) bond motifs is 7. The Kier molecular flexibility index (Phi) is 5.16. The Morgan fingerprint density at radius 1 is 0.488 bits per heavy atom. The minimum atomic E-state index is 0.643. The molecule has 9 rings (SSSR count). The van der Waals surface area contributed by atoms with Gasteiger partial charge in [0, 0.05) is 33.2 Å². The largest absolute Gasteiger partial charge is 0.438 e. The minimum absolute atomic E-state index is 0.643. The molecule has 6 aromatic carbocycles. The van der Waals surface area contributed by atoms with Crippen LogP contribution in [0.25, 0.3) is 60.3 Å². The molecule has 0 fully saturated rings. The summed E-state index contributed by atoms with van der Waals surface area (Å²) in [5.41, 5.74) is 8.03. The van der Waals surface area contributed by atoms with Gasteiger partial charge in [0.1, 0.15) is 5.58 Å². The molecule has 0 bridgehead atoms. The highest BCUT2D eigenvalue weighted by atomic mass is 16.3. The van der Waals surface area contributed by atoms with E-state index in [1.807, 2.05) is 30.5 Å². The number of hydrogen-bond acceptors (Lipinski definition) is 3. The Labute approximate surface area is 247 Å². The molecule has 3 heterocycles. The van der Waals surface area contributed by atoms with Crippen LogP contribution in [0.2, 0.25) is 0 Å². The first-order chi connectivity index (χ1) is 21.3. The number of hydrogen-bond donors (Lipinski definition) is 0. The molecule has 4 heteroatoms. The lowest BCUT2D eigenvalue weighted by molar-refractivity contribution is 0.654. The fraction of sp³-hybridized carbons (Fsp3) is 0. The van der Waals surface area contributed by atoms with Crippen molar-refractivity contribution >= 4 is 71.7 Å². The third kappa shape index (κ3) is 3.74. The van der Waals surface area contributed by atoms with Crippen LogP contribution in [0.15, 0.2) is 156 Å². The highest BCUT2D eigenvalue weighted by Gasteiger charge is 2.18. The maximum absolute atomic E-state index is 6.05. The van der Waals surface area contributed by atoms with E-state index in [1.165, 1.54) is 32.6 Å². The zero-order valence-electron chi connectivity index (χ0n) is 23.2. The van der Waals surface area contributed by atoms with Crippen molar-refractivity contribution in [3.63, 3.8) is 0 Å². The molecule has 0 unspecified atom stereocenters. The Morgan fingerprint density at radius 2 is 1.21 bits per heavy atom. The predicted molar refractivity (Wildman–Crippen MR) is 178 cm³/mol. The third-order valence-corrected chi connectivity index (χ3v) is 8.38. The van der Waals surface area contributed by atoms with E-state index in [1.54, 1.807) is 0 Å². The number of anilines is 3. The summed E-state index contributed by atoms with van der Waals surface area (Å²) in [4.78, 5) is 7.02. The van der Waals surface area contributed by atoms with E-state index in [0.29, 0.717) is 5.71 Å². The van der Waals surface area contributed by atoms with Gasteiger partial charge in [0.15, 0.2) is 0 Å². The standard InChI is InChI=1S/C39H25N3O/c1-2-13-28(14-3-1)41(31-24-35-33-18-7-9-20-38(33)43-39(35)40-25-31)29-15-10-16-30(23-29)42-36-19-8-6-17-32(36)34-21-26-11-4-5-12-27(26)22-37(34)42/h1-25H. The highest BCUT2D eigenvalue weighted by molar-refractivity contribution is 6.13. The maximum atomic E-state index is 6.05. The van der Waals surface area contributed by atoms with Gasteiger partial charge in [-0.3, -0.25) is 0 Å². The van der Waals surface area contributed by atoms with E-state index >= 15 is 0 Å². The van der Waals surface area contributed by atoms with Crippen LogP contribution >= 0.6 is 0 Å². The summed E-state index contributed by atoms with van der Waals surface area (Å²) in [6, 6.07) is 51.4. The number of rotatable bonds is 4. The molecule has 0 aliphatic carbocycles. The van der Waals surface area contributed by atoms with E-state index in [0.717, 1.165) is 39.1 Å². The molecule has 202 valence electrons. The van der Waals surface area contributed by atoms with Gasteiger partial charge in [0.25, 0.3) is 0 Å². The lowest BCUT2D eigenvalue weighted by Crippen LogP contribution is -2.10. The van der Waals surface area contributed by atoms with E-state index in [4.69, 9.17) is 9.40 Å². The third-order valence-electron chi connectivity index (χ3n) is 8.38. The SMILES string of the molecule is c1ccc(N(c2cccc(-n3c4ccccc4c4cc5ccccc5cc43)c2)c2cnc3oc4ccccc4c3c2)cc1. The normalized spacial score (nSPS) is 11.7. The van der Waals surface area contributed by atoms with Gasteiger partial charge in [-0.2, -0.15) is 0 Å². The molecule has 0 spiro atoms. The van der Waals surface area contributed by atoms with Gasteiger partial charge in [-0.25, -0.2) is 4.98 Å². The molecule has 0 saturated heterocycles. The minimum Gasteiger partial charge on any atom is -0.438 e. The van der Waals surface area contributed by atoms with Crippen LogP contribution in [-0.4, -0.2) is 9.55 Å². The Balaban J connectivity index is 1.28. The second-order valence-electron chi connectivity index (χ2n) is 10.9. The molecule has 0 radical (unpaired) electrons. The second-order valence-corrected chi connectivity index (χ2v) is 10.9. The molecule has 0 aliphatic rings. The molecule has 9 aromatic rings. The zero-order chi connectivity index (χ0) is 28.3. The van der Waals surface area contributed by atoms with E-state index in [2.05, 4.69) is 131 Å². The summed E-state index contributed by atoms with van der Waals surface area (Å²) in [7, 11) is 0. The monoisotopic (exact) mass is 551 g/mol. The number of benzene rings is 6. The Morgan fingerprint density at radius 3 is 2.09 bits per heavy atom. The molecule has 0 amide bonds. The number of nitrogens with zero attached hydrogens (tertiary/aromatic N) is 3. The molecule has 0 atom stereocenters. The van der Waals surface area contributed by atoms with Crippen LogP contribution < -0.4 is 4.90 Å². The van der Waals surface area contributed by atoms with Gasteiger partial charge in [0.2, 0.25) is 5.71 Å². The average Bonchev–Trinajstić information content (AvgIpc) is 3.59. The zero-order valence-corrected chi connectivity index (χ0v) is 23.2. The molecule has 0 N–H and O–H groups in total. The summed E-state index contributed by atoms with van der Waals surface area (Å²) >= 11 is 0. The Hall–Kier alpha value is -5.87. The fourth-order valence-electron chi connectivity index (χ4n) is 6.45. The number of aromatic nitrogens is 2. The molecule has 43 heavy (non-hydrogen) atoms. The lowest BCUT2D eigenvalue weighted by atomic mass is 10.1. The van der Waals surface area contributed by atoms with E-state index in [-0.39, 0.29) is 0 Å². The van der Waals surface area contributed by atoms with Gasteiger partial charge in [-0.05, 0) is 71.4 Å². The highest BCUT2D eigenvalue weighted by Crippen LogP contribution is 2.40. The molecular weight excluding hydrogens is 526 g/mol. The van der Waals surface area contributed by atoms with Gasteiger partial charge in [-0.15, -0.1) is 0 Å². The van der Waals surface area contributed by atoms with Crippen LogP contribution in [0, 0.1) is 0 Å². The van der Waals surface area contributed by atoms with E-state index < -0.39 is 0 Å². The summed E-state index contributed by atoms with van der Waals surface area (Å²) in [6.07, 6.45) is 1.90. The van der Waals surface area contributed by atoms with Crippen molar-refractivity contribution in [1.29, 1.82) is 0 Å². The molecule has 3 aromatic heterocycles. The average molecular weight is 552 g/mol. The first-order valence-corrected chi connectivity index (χ1v) is 14.5. The smallest absolute Gasteiger partial charge is 0.227 e. The fourth-order valence-corrected chi connectivity index (χ4v) is 6.45. The van der Waals surface area contributed by atoms with E-state index in [9.17, 15) is 0 Å². The van der Waals surface area contributed by atoms with Crippen molar-refractivity contribution in [2.24, 2.45) is 0 Å². The first-order valence-electron chi connectivity index (χ1n) is 14.5. The van der Waals surface area contributed by atoms with Gasteiger partial charge < -0.3 is 13.9 Å². The quantitative estimate of drug-likeness (QED) is 0.218. The maximum Gasteiger partial charge on any atom is 0.227 e. The molecular formula is C39H25N3O. The molecule has 0 saturated carbocycles. The summed E-state index contributed by atoms with van der Waals surface area (Å²) in [5, 5.41) is 7.03.